The lowest BCUT2D eigenvalue weighted by molar-refractivity contribution is 0.385. The van der Waals surface area contributed by atoms with Crippen molar-refractivity contribution in [2.45, 2.75) is 19.4 Å². The quantitative estimate of drug-likeness (QED) is 0.906. The Kier molecular flexibility index (Phi) is 3.67. The average molecular weight is 249 g/mol. The molecule has 1 atom stereocenters. The summed E-state index contributed by atoms with van der Waals surface area (Å²) >= 11 is 0. The minimum absolute atomic E-state index is 0.185. The summed E-state index contributed by atoms with van der Waals surface area (Å²) in [6, 6.07) is 7.90. The molecule has 3 nitrogen and oxygen atoms in total. The maximum Gasteiger partial charge on any atom is 0.165 e. The molecule has 2 rings (SSSR count). The van der Waals surface area contributed by atoms with Crippen LogP contribution in [-0.2, 0) is 6.42 Å². The van der Waals surface area contributed by atoms with E-state index in [9.17, 15) is 4.39 Å². The van der Waals surface area contributed by atoms with Crippen LogP contribution in [0, 0.1) is 5.82 Å². The van der Waals surface area contributed by atoms with Gasteiger partial charge in [0.1, 0.15) is 11.5 Å². The van der Waals surface area contributed by atoms with Crippen molar-refractivity contribution in [2.75, 3.05) is 7.11 Å². The molecule has 0 aliphatic rings. The Labute approximate surface area is 105 Å². The second-order valence-corrected chi connectivity index (χ2v) is 4.03. The van der Waals surface area contributed by atoms with Gasteiger partial charge in [0.05, 0.1) is 13.2 Å². The lowest BCUT2D eigenvalue weighted by Gasteiger charge is -2.11. The average Bonchev–Trinajstić information content (AvgIpc) is 2.87. The van der Waals surface area contributed by atoms with E-state index in [-0.39, 0.29) is 5.75 Å². The predicted molar refractivity (Wildman–Crippen MR) is 67.1 cm³/mol. The second kappa shape index (κ2) is 5.23. The first kappa shape index (κ1) is 12.6. The molecule has 2 N–H and O–H groups in total. The number of ether oxygens (including phenoxy) is 1. The Bertz CT molecular complexity index is 536. The molecule has 0 aliphatic heterocycles. The van der Waals surface area contributed by atoms with Gasteiger partial charge in [0.15, 0.2) is 11.6 Å². The highest BCUT2D eigenvalue weighted by Crippen LogP contribution is 2.26. The standard InChI is InChI=1S/C14H16FNO2/c1-3-10-5-7-12(18-10)14(16)9-4-6-11(15)13(8-9)17-2/h4-8,14H,3,16H2,1-2H3. The van der Waals surface area contributed by atoms with Crippen molar-refractivity contribution >= 4 is 0 Å². The maximum absolute atomic E-state index is 13.3. The van der Waals surface area contributed by atoms with Crippen LogP contribution < -0.4 is 10.5 Å². The van der Waals surface area contributed by atoms with Crippen molar-refractivity contribution in [1.82, 2.24) is 0 Å². The van der Waals surface area contributed by atoms with E-state index in [0.29, 0.717) is 5.76 Å². The van der Waals surface area contributed by atoms with E-state index in [1.807, 2.05) is 19.1 Å². The number of methoxy groups -OCH3 is 1. The molecule has 0 fully saturated rings. The van der Waals surface area contributed by atoms with Crippen LogP contribution in [-0.4, -0.2) is 7.11 Å². The normalized spacial score (nSPS) is 12.4. The van der Waals surface area contributed by atoms with Gasteiger partial charge < -0.3 is 14.9 Å². The van der Waals surface area contributed by atoms with Crippen LogP contribution in [0.15, 0.2) is 34.7 Å². The molecular weight excluding hydrogens is 233 g/mol. The Morgan fingerprint density at radius 1 is 1.33 bits per heavy atom. The number of rotatable bonds is 4. The number of benzene rings is 1. The minimum Gasteiger partial charge on any atom is -0.494 e. The van der Waals surface area contributed by atoms with Crippen molar-refractivity contribution in [3.05, 3.63) is 53.2 Å². The molecule has 0 amide bonds. The molecule has 0 spiro atoms. The van der Waals surface area contributed by atoms with Gasteiger partial charge in [-0.3, -0.25) is 0 Å². The summed E-state index contributed by atoms with van der Waals surface area (Å²) in [5.74, 6) is 1.34. The summed E-state index contributed by atoms with van der Waals surface area (Å²) < 4.78 is 23.8. The molecule has 1 aromatic heterocycles. The molecular formula is C14H16FNO2. The van der Waals surface area contributed by atoms with Crippen LogP contribution in [0.5, 0.6) is 5.75 Å². The van der Waals surface area contributed by atoms with Gasteiger partial charge in [-0.05, 0) is 29.8 Å². The molecule has 0 bridgehead atoms. The van der Waals surface area contributed by atoms with Crippen LogP contribution in [0.2, 0.25) is 0 Å². The third kappa shape index (κ3) is 2.38. The van der Waals surface area contributed by atoms with Crippen LogP contribution in [0.3, 0.4) is 0 Å². The fraction of sp³-hybridized carbons (Fsp3) is 0.286. The molecule has 4 heteroatoms. The topological polar surface area (TPSA) is 48.4 Å². The molecule has 1 heterocycles. The summed E-state index contributed by atoms with van der Waals surface area (Å²) in [7, 11) is 1.43. The van der Waals surface area contributed by atoms with Gasteiger partial charge in [-0.15, -0.1) is 0 Å². The van der Waals surface area contributed by atoms with Crippen molar-refractivity contribution in [2.24, 2.45) is 5.73 Å². The van der Waals surface area contributed by atoms with E-state index in [1.165, 1.54) is 13.2 Å². The van der Waals surface area contributed by atoms with Gasteiger partial charge in [0.2, 0.25) is 0 Å². The zero-order chi connectivity index (χ0) is 13.1. The molecule has 1 unspecified atom stereocenters. The van der Waals surface area contributed by atoms with Crippen LogP contribution in [0.25, 0.3) is 0 Å². The molecule has 0 saturated heterocycles. The highest BCUT2D eigenvalue weighted by Gasteiger charge is 2.15. The summed E-state index contributed by atoms with van der Waals surface area (Å²) in [6.45, 7) is 2.01. The van der Waals surface area contributed by atoms with Gasteiger partial charge in [-0.1, -0.05) is 13.0 Å². The molecule has 0 saturated carbocycles. The van der Waals surface area contributed by atoms with E-state index in [1.54, 1.807) is 12.1 Å². The Hall–Kier alpha value is -1.81. The number of hydrogen-bond acceptors (Lipinski definition) is 3. The summed E-state index contributed by atoms with van der Waals surface area (Å²) in [6.07, 6.45) is 0.819. The van der Waals surface area contributed by atoms with E-state index >= 15 is 0 Å². The van der Waals surface area contributed by atoms with Crippen molar-refractivity contribution in [1.29, 1.82) is 0 Å². The van der Waals surface area contributed by atoms with E-state index in [0.717, 1.165) is 17.7 Å². The fourth-order valence-corrected chi connectivity index (χ4v) is 1.79. The number of hydrogen-bond donors (Lipinski definition) is 1. The third-order valence-corrected chi connectivity index (χ3v) is 2.87. The number of furan rings is 1. The van der Waals surface area contributed by atoms with Crippen LogP contribution in [0.1, 0.15) is 30.0 Å². The van der Waals surface area contributed by atoms with Gasteiger partial charge >= 0.3 is 0 Å². The molecule has 0 radical (unpaired) electrons. The summed E-state index contributed by atoms with van der Waals surface area (Å²) in [5.41, 5.74) is 6.84. The highest BCUT2D eigenvalue weighted by atomic mass is 19.1. The smallest absolute Gasteiger partial charge is 0.165 e. The van der Waals surface area contributed by atoms with Crippen LogP contribution >= 0.6 is 0 Å². The highest BCUT2D eigenvalue weighted by molar-refractivity contribution is 5.35. The Balaban J connectivity index is 2.30. The SMILES string of the molecule is CCc1ccc(C(N)c2ccc(F)c(OC)c2)o1. The lowest BCUT2D eigenvalue weighted by atomic mass is 10.1. The van der Waals surface area contributed by atoms with Crippen molar-refractivity contribution < 1.29 is 13.5 Å². The first-order valence-corrected chi connectivity index (χ1v) is 5.83. The summed E-state index contributed by atoms with van der Waals surface area (Å²) in [4.78, 5) is 0. The molecule has 18 heavy (non-hydrogen) atoms. The number of nitrogens with two attached hydrogens (primary N) is 1. The van der Waals surface area contributed by atoms with E-state index in [2.05, 4.69) is 0 Å². The van der Waals surface area contributed by atoms with E-state index < -0.39 is 11.9 Å². The second-order valence-electron chi connectivity index (χ2n) is 4.03. The number of halogens is 1. The van der Waals surface area contributed by atoms with Gasteiger partial charge in [-0.2, -0.15) is 0 Å². The van der Waals surface area contributed by atoms with Gasteiger partial charge in [0, 0.05) is 6.42 Å². The fourth-order valence-electron chi connectivity index (χ4n) is 1.79. The molecule has 2 aromatic rings. The van der Waals surface area contributed by atoms with Crippen molar-refractivity contribution in [3.8, 4) is 5.75 Å². The lowest BCUT2D eigenvalue weighted by Crippen LogP contribution is -2.11. The first-order valence-electron chi connectivity index (χ1n) is 5.83. The number of aryl methyl sites for hydroxylation is 1. The van der Waals surface area contributed by atoms with Crippen LogP contribution in [0.4, 0.5) is 4.39 Å². The Morgan fingerprint density at radius 3 is 2.72 bits per heavy atom. The van der Waals surface area contributed by atoms with E-state index in [4.69, 9.17) is 14.9 Å². The first-order chi connectivity index (χ1) is 8.65. The minimum atomic E-state index is -0.417. The Morgan fingerprint density at radius 2 is 2.11 bits per heavy atom. The molecule has 0 aliphatic carbocycles. The zero-order valence-corrected chi connectivity index (χ0v) is 10.4. The monoisotopic (exact) mass is 249 g/mol. The predicted octanol–water partition coefficient (Wildman–Crippen LogP) is 3.04. The molecule has 1 aromatic carbocycles. The zero-order valence-electron chi connectivity index (χ0n) is 10.4. The summed E-state index contributed by atoms with van der Waals surface area (Å²) in [5, 5.41) is 0. The third-order valence-electron chi connectivity index (χ3n) is 2.87. The van der Waals surface area contributed by atoms with Gasteiger partial charge in [0.25, 0.3) is 0 Å². The molecule has 96 valence electrons. The largest absolute Gasteiger partial charge is 0.494 e. The maximum atomic E-state index is 13.3. The van der Waals surface area contributed by atoms with Crippen molar-refractivity contribution in [3.63, 3.8) is 0 Å². The van der Waals surface area contributed by atoms with Gasteiger partial charge in [-0.25, -0.2) is 4.39 Å².